The number of hydrogen-bond donors (Lipinski definition) is 3. The summed E-state index contributed by atoms with van der Waals surface area (Å²) in [6, 6.07) is 15.0. The van der Waals surface area contributed by atoms with E-state index in [1.807, 2.05) is 6.92 Å². The molecule has 0 aliphatic carbocycles. The first kappa shape index (κ1) is 21.9. The maximum Gasteiger partial charge on any atom is 0.191 e. The normalized spacial score (nSPS) is 17.8. The van der Waals surface area contributed by atoms with Crippen LogP contribution in [0.3, 0.4) is 0 Å². The first-order chi connectivity index (χ1) is 12.6. The Morgan fingerprint density at radius 3 is 2.59 bits per heavy atom. The predicted molar refractivity (Wildman–Crippen MR) is 122 cm³/mol. The highest BCUT2D eigenvalue weighted by atomic mass is 127. The van der Waals surface area contributed by atoms with Crippen molar-refractivity contribution in [1.82, 2.24) is 10.6 Å². The predicted octanol–water partition coefficient (Wildman–Crippen LogP) is 3.62. The molecule has 0 saturated carbocycles. The van der Waals surface area contributed by atoms with Gasteiger partial charge in [-0.2, -0.15) is 0 Å². The van der Waals surface area contributed by atoms with Gasteiger partial charge in [-0.1, -0.05) is 36.4 Å². The molecule has 2 aromatic rings. The Balaban J connectivity index is 0.00000261. The molecular weight excluding hydrogens is 453 g/mol. The number of benzene rings is 2. The van der Waals surface area contributed by atoms with E-state index in [2.05, 4.69) is 65.0 Å². The summed E-state index contributed by atoms with van der Waals surface area (Å²) in [5, 5.41) is 19.8. The molecule has 1 aliphatic heterocycles. The minimum absolute atomic E-state index is 0. The van der Waals surface area contributed by atoms with E-state index in [4.69, 9.17) is 4.74 Å². The van der Waals surface area contributed by atoms with Crippen LogP contribution in [0.4, 0.5) is 0 Å². The van der Waals surface area contributed by atoms with Gasteiger partial charge in [0.2, 0.25) is 0 Å². The molecule has 3 N–H and O–H groups in total. The zero-order valence-corrected chi connectivity index (χ0v) is 18.4. The minimum Gasteiger partial charge on any atom is -0.388 e. The molecule has 5 nitrogen and oxygen atoms in total. The van der Waals surface area contributed by atoms with Crippen LogP contribution >= 0.6 is 24.0 Å². The van der Waals surface area contributed by atoms with E-state index < -0.39 is 5.60 Å². The van der Waals surface area contributed by atoms with E-state index in [9.17, 15) is 5.11 Å². The molecule has 1 fully saturated rings. The molecule has 3 rings (SSSR count). The Labute approximate surface area is 178 Å². The van der Waals surface area contributed by atoms with Crippen molar-refractivity contribution in [3.8, 4) is 0 Å². The molecule has 27 heavy (non-hydrogen) atoms. The van der Waals surface area contributed by atoms with Crippen molar-refractivity contribution in [1.29, 1.82) is 0 Å². The highest BCUT2D eigenvalue weighted by molar-refractivity contribution is 14.0. The van der Waals surface area contributed by atoms with Crippen LogP contribution in [0.15, 0.2) is 47.5 Å². The second kappa shape index (κ2) is 10.2. The molecule has 1 heterocycles. The Kier molecular flexibility index (Phi) is 8.31. The number of fused-ring (bicyclic) bond motifs is 1. The molecule has 6 heteroatoms. The van der Waals surface area contributed by atoms with Crippen LogP contribution in [0.5, 0.6) is 0 Å². The number of aliphatic hydroxyl groups is 1. The quantitative estimate of drug-likeness (QED) is 0.346. The average molecular weight is 483 g/mol. The van der Waals surface area contributed by atoms with Crippen LogP contribution in [0, 0.1) is 0 Å². The van der Waals surface area contributed by atoms with Crippen molar-refractivity contribution < 1.29 is 9.84 Å². The molecule has 1 saturated heterocycles. The number of hydrogen-bond acceptors (Lipinski definition) is 3. The van der Waals surface area contributed by atoms with Crippen LogP contribution in [0.1, 0.15) is 38.3 Å². The van der Waals surface area contributed by atoms with Crippen LogP contribution in [0.2, 0.25) is 0 Å². The van der Waals surface area contributed by atoms with Gasteiger partial charge in [0.15, 0.2) is 5.96 Å². The lowest BCUT2D eigenvalue weighted by Gasteiger charge is -2.30. The fourth-order valence-corrected chi connectivity index (χ4v) is 3.22. The van der Waals surface area contributed by atoms with Crippen molar-refractivity contribution >= 4 is 40.7 Å². The SMILES string of the molecule is CCNC(=NCC1(O)CCOCC1)NC(C)c1ccc2ccccc2c1.I. The summed E-state index contributed by atoms with van der Waals surface area (Å²) in [5.74, 6) is 0.730. The van der Waals surface area contributed by atoms with E-state index in [-0.39, 0.29) is 30.0 Å². The van der Waals surface area contributed by atoms with E-state index in [0.717, 1.165) is 12.5 Å². The van der Waals surface area contributed by atoms with Crippen molar-refractivity contribution in [2.75, 3.05) is 26.3 Å². The summed E-state index contributed by atoms with van der Waals surface area (Å²) in [7, 11) is 0. The molecule has 1 unspecified atom stereocenters. The van der Waals surface area contributed by atoms with Gasteiger partial charge in [0.25, 0.3) is 0 Å². The number of guanidine groups is 1. The number of nitrogens with zero attached hydrogens (tertiary/aromatic N) is 1. The molecule has 0 aromatic heterocycles. The Hall–Kier alpha value is -1.38. The van der Waals surface area contributed by atoms with Gasteiger partial charge in [-0.05, 0) is 36.2 Å². The van der Waals surface area contributed by atoms with E-state index >= 15 is 0 Å². The van der Waals surface area contributed by atoms with Gasteiger partial charge in [-0.25, -0.2) is 0 Å². The summed E-state index contributed by atoms with van der Waals surface area (Å²) in [6.45, 7) is 6.53. The number of nitrogens with one attached hydrogen (secondary N) is 2. The van der Waals surface area contributed by atoms with Crippen molar-refractivity contribution in [2.24, 2.45) is 4.99 Å². The van der Waals surface area contributed by atoms with Crippen molar-refractivity contribution in [3.05, 3.63) is 48.0 Å². The minimum atomic E-state index is -0.757. The Morgan fingerprint density at radius 1 is 1.19 bits per heavy atom. The molecule has 2 aromatic carbocycles. The smallest absolute Gasteiger partial charge is 0.191 e. The number of rotatable bonds is 5. The lowest BCUT2D eigenvalue weighted by molar-refractivity contribution is -0.0566. The van der Waals surface area contributed by atoms with Crippen LogP contribution in [-0.2, 0) is 4.74 Å². The highest BCUT2D eigenvalue weighted by Crippen LogP contribution is 2.22. The van der Waals surface area contributed by atoms with E-state index in [0.29, 0.717) is 32.6 Å². The molecule has 1 aliphatic rings. The van der Waals surface area contributed by atoms with Gasteiger partial charge in [0, 0.05) is 32.6 Å². The Bertz CT molecular complexity index is 760. The molecule has 0 spiro atoms. The summed E-state index contributed by atoms with van der Waals surface area (Å²) < 4.78 is 5.34. The maximum absolute atomic E-state index is 10.6. The molecule has 0 bridgehead atoms. The van der Waals surface area contributed by atoms with Crippen LogP contribution in [0.25, 0.3) is 10.8 Å². The molecule has 1 atom stereocenters. The topological polar surface area (TPSA) is 65.9 Å². The van der Waals surface area contributed by atoms with Gasteiger partial charge in [0.1, 0.15) is 0 Å². The fraction of sp³-hybridized carbons (Fsp3) is 0.476. The average Bonchev–Trinajstić information content (AvgIpc) is 2.66. The number of aliphatic imine (C=N–C) groups is 1. The standard InChI is InChI=1S/C21H29N3O2.HI/c1-3-22-20(23-15-21(25)10-12-26-13-11-21)24-16(2)18-9-8-17-6-4-5-7-19(17)14-18;/h4-9,14,16,25H,3,10-13,15H2,1-2H3,(H2,22,23,24);1H. The van der Waals surface area contributed by atoms with Crippen molar-refractivity contribution in [2.45, 2.75) is 38.3 Å². The number of halogens is 1. The largest absolute Gasteiger partial charge is 0.388 e. The van der Waals surface area contributed by atoms with Gasteiger partial charge in [-0.15, -0.1) is 24.0 Å². The third-order valence-corrected chi connectivity index (χ3v) is 4.93. The monoisotopic (exact) mass is 483 g/mol. The molecular formula is C21H30IN3O2. The lowest BCUT2D eigenvalue weighted by atomic mass is 9.95. The summed E-state index contributed by atoms with van der Waals surface area (Å²) in [4.78, 5) is 4.63. The van der Waals surface area contributed by atoms with Crippen LogP contribution < -0.4 is 10.6 Å². The third-order valence-electron chi connectivity index (χ3n) is 4.93. The van der Waals surface area contributed by atoms with Crippen LogP contribution in [-0.4, -0.2) is 43.0 Å². The highest BCUT2D eigenvalue weighted by Gasteiger charge is 2.29. The first-order valence-corrected chi connectivity index (χ1v) is 9.43. The fourth-order valence-electron chi connectivity index (χ4n) is 3.22. The summed E-state index contributed by atoms with van der Waals surface area (Å²) >= 11 is 0. The van der Waals surface area contributed by atoms with E-state index in [1.54, 1.807) is 0 Å². The van der Waals surface area contributed by atoms with Gasteiger partial charge in [-0.3, -0.25) is 4.99 Å². The Morgan fingerprint density at radius 2 is 1.89 bits per heavy atom. The van der Waals surface area contributed by atoms with E-state index in [1.165, 1.54) is 16.3 Å². The zero-order valence-electron chi connectivity index (χ0n) is 16.1. The van der Waals surface area contributed by atoms with Gasteiger partial charge in [0.05, 0.1) is 18.2 Å². The van der Waals surface area contributed by atoms with Gasteiger partial charge < -0.3 is 20.5 Å². The maximum atomic E-state index is 10.6. The van der Waals surface area contributed by atoms with Gasteiger partial charge >= 0.3 is 0 Å². The second-order valence-electron chi connectivity index (χ2n) is 7.00. The second-order valence-corrected chi connectivity index (χ2v) is 7.00. The zero-order chi connectivity index (χ0) is 18.4. The number of ether oxygens (including phenoxy) is 1. The lowest BCUT2D eigenvalue weighted by Crippen LogP contribution is -2.43. The third kappa shape index (κ3) is 6.05. The van der Waals surface area contributed by atoms with Crippen molar-refractivity contribution in [3.63, 3.8) is 0 Å². The molecule has 0 amide bonds. The summed E-state index contributed by atoms with van der Waals surface area (Å²) in [5.41, 5.74) is 0.450. The first-order valence-electron chi connectivity index (χ1n) is 9.43. The molecule has 0 radical (unpaired) electrons. The summed E-state index contributed by atoms with van der Waals surface area (Å²) in [6.07, 6.45) is 1.27. The molecule has 148 valence electrons.